The van der Waals surface area contributed by atoms with Crippen LogP contribution in [0, 0.1) is 0 Å². The Morgan fingerprint density at radius 1 is 1.18 bits per heavy atom. The molecule has 22 heavy (non-hydrogen) atoms. The highest BCUT2D eigenvalue weighted by Gasteiger charge is 2.28. The van der Waals surface area contributed by atoms with E-state index in [9.17, 15) is 4.79 Å². The summed E-state index contributed by atoms with van der Waals surface area (Å²) in [7, 11) is 0. The first-order chi connectivity index (χ1) is 10.2. The Bertz CT molecular complexity index is 523. The second-order valence-electron chi connectivity index (χ2n) is 6.59. The molecule has 2 N–H and O–H groups in total. The summed E-state index contributed by atoms with van der Waals surface area (Å²) in [6.07, 6.45) is 2.30. The maximum Gasteiger partial charge on any atom is 0.407 e. The lowest BCUT2D eigenvalue weighted by molar-refractivity contribution is 0.0505. The van der Waals surface area contributed by atoms with Crippen LogP contribution in [0.1, 0.15) is 40.0 Å². The number of benzene rings is 1. The summed E-state index contributed by atoms with van der Waals surface area (Å²) in [4.78, 5) is 11.8. The maximum atomic E-state index is 11.8. The van der Waals surface area contributed by atoms with Gasteiger partial charge in [0, 0.05) is 12.1 Å². The molecule has 2 unspecified atom stereocenters. The molecule has 1 fully saturated rings. The van der Waals surface area contributed by atoms with Crippen molar-refractivity contribution in [3.05, 3.63) is 28.2 Å². The van der Waals surface area contributed by atoms with Gasteiger partial charge in [-0.2, -0.15) is 0 Å². The number of amides is 1. The molecule has 2 atom stereocenters. The van der Waals surface area contributed by atoms with Crippen LogP contribution in [0.5, 0.6) is 0 Å². The number of carbonyl (C=O) groups is 1. The van der Waals surface area contributed by atoms with E-state index >= 15 is 0 Å². The van der Waals surface area contributed by atoms with Gasteiger partial charge < -0.3 is 15.4 Å². The first-order valence-corrected chi connectivity index (χ1v) is 8.20. The Labute approximate surface area is 141 Å². The third-order valence-electron chi connectivity index (χ3n) is 3.46. The van der Waals surface area contributed by atoms with Gasteiger partial charge in [0.15, 0.2) is 0 Å². The monoisotopic (exact) mass is 344 g/mol. The van der Waals surface area contributed by atoms with Gasteiger partial charge in [0.1, 0.15) is 5.60 Å². The second kappa shape index (κ2) is 6.97. The van der Waals surface area contributed by atoms with Crippen molar-refractivity contribution in [2.45, 2.75) is 57.7 Å². The van der Waals surface area contributed by atoms with Crippen LogP contribution in [-0.4, -0.2) is 23.8 Å². The lowest BCUT2D eigenvalue weighted by Crippen LogP contribution is -2.38. The lowest BCUT2D eigenvalue weighted by atomic mass is 10.2. The van der Waals surface area contributed by atoms with Gasteiger partial charge in [-0.1, -0.05) is 29.3 Å². The number of alkyl carbamates (subject to hydrolysis) is 1. The van der Waals surface area contributed by atoms with Crippen LogP contribution in [0.15, 0.2) is 18.2 Å². The van der Waals surface area contributed by atoms with Gasteiger partial charge in [-0.15, -0.1) is 0 Å². The van der Waals surface area contributed by atoms with Crippen molar-refractivity contribution in [2.24, 2.45) is 0 Å². The molecule has 1 saturated carbocycles. The zero-order valence-electron chi connectivity index (χ0n) is 13.1. The van der Waals surface area contributed by atoms with Crippen LogP contribution in [0.4, 0.5) is 10.5 Å². The molecule has 122 valence electrons. The minimum Gasteiger partial charge on any atom is -0.444 e. The zero-order chi connectivity index (χ0) is 16.3. The molecule has 0 bridgehead atoms. The van der Waals surface area contributed by atoms with Gasteiger partial charge in [0.2, 0.25) is 0 Å². The molecule has 6 heteroatoms. The van der Waals surface area contributed by atoms with Gasteiger partial charge in [-0.3, -0.25) is 0 Å². The third kappa shape index (κ3) is 4.96. The van der Waals surface area contributed by atoms with Gasteiger partial charge in [-0.25, -0.2) is 4.79 Å². The predicted molar refractivity (Wildman–Crippen MR) is 90.9 cm³/mol. The number of halogens is 2. The van der Waals surface area contributed by atoms with Crippen molar-refractivity contribution in [1.29, 1.82) is 0 Å². The molecule has 2 rings (SSSR count). The van der Waals surface area contributed by atoms with Crippen molar-refractivity contribution < 1.29 is 9.53 Å². The Hall–Kier alpha value is -1.13. The summed E-state index contributed by atoms with van der Waals surface area (Å²) in [5.74, 6) is 0. The molecular formula is C16H22Cl2N2O2. The molecule has 1 aliphatic carbocycles. The van der Waals surface area contributed by atoms with Crippen LogP contribution >= 0.6 is 23.2 Å². The molecule has 1 aromatic carbocycles. The number of rotatable bonds is 3. The molecule has 0 aliphatic heterocycles. The lowest BCUT2D eigenvalue weighted by Gasteiger charge is -2.22. The molecule has 0 heterocycles. The van der Waals surface area contributed by atoms with E-state index in [1.807, 2.05) is 26.8 Å². The largest absolute Gasteiger partial charge is 0.444 e. The van der Waals surface area contributed by atoms with Crippen LogP contribution in [-0.2, 0) is 4.74 Å². The van der Waals surface area contributed by atoms with E-state index in [1.165, 1.54) is 0 Å². The normalized spacial score (nSPS) is 21.5. The molecule has 0 spiro atoms. The molecule has 0 radical (unpaired) electrons. The summed E-state index contributed by atoms with van der Waals surface area (Å²) < 4.78 is 5.28. The summed E-state index contributed by atoms with van der Waals surface area (Å²) in [5.41, 5.74) is 0.277. The number of ether oxygens (including phenoxy) is 1. The number of hydrogen-bond donors (Lipinski definition) is 2. The number of nitrogens with one attached hydrogen (secondary N) is 2. The highest BCUT2D eigenvalue weighted by Crippen LogP contribution is 2.33. The highest BCUT2D eigenvalue weighted by atomic mass is 35.5. The first-order valence-electron chi connectivity index (χ1n) is 7.44. The van der Waals surface area contributed by atoms with Crippen LogP contribution in [0.3, 0.4) is 0 Å². The highest BCUT2D eigenvalue weighted by molar-refractivity contribution is 6.39. The molecule has 0 aromatic heterocycles. The first kappa shape index (κ1) is 17.2. The number of hydrogen-bond acceptors (Lipinski definition) is 3. The molecule has 1 aromatic rings. The molecule has 1 amide bonds. The van der Waals surface area contributed by atoms with Crippen molar-refractivity contribution in [2.75, 3.05) is 5.32 Å². The summed E-state index contributed by atoms with van der Waals surface area (Å²) in [6, 6.07) is 5.77. The van der Waals surface area contributed by atoms with Gasteiger partial charge in [-0.05, 0) is 52.2 Å². The topological polar surface area (TPSA) is 50.4 Å². The maximum absolute atomic E-state index is 11.8. The van der Waals surface area contributed by atoms with E-state index in [4.69, 9.17) is 27.9 Å². The van der Waals surface area contributed by atoms with Crippen LogP contribution in [0.2, 0.25) is 10.0 Å². The smallest absolute Gasteiger partial charge is 0.407 e. The molecule has 4 nitrogen and oxygen atoms in total. The van der Waals surface area contributed by atoms with E-state index in [1.54, 1.807) is 12.1 Å². The van der Waals surface area contributed by atoms with Gasteiger partial charge >= 0.3 is 6.09 Å². The van der Waals surface area contributed by atoms with Gasteiger partial charge in [0.05, 0.1) is 15.7 Å². The average molecular weight is 345 g/mol. The summed E-state index contributed by atoms with van der Waals surface area (Å²) >= 11 is 12.3. The fourth-order valence-electron chi connectivity index (χ4n) is 2.56. The fourth-order valence-corrected chi connectivity index (χ4v) is 3.06. The predicted octanol–water partition coefficient (Wildman–Crippen LogP) is 4.85. The van der Waals surface area contributed by atoms with Crippen LogP contribution in [0.25, 0.3) is 0 Å². The molecular weight excluding hydrogens is 323 g/mol. The molecule has 1 aliphatic rings. The van der Waals surface area contributed by atoms with Crippen molar-refractivity contribution in [1.82, 2.24) is 5.32 Å². The molecule has 0 saturated heterocycles. The number of anilines is 1. The fraction of sp³-hybridized carbons (Fsp3) is 0.562. The van der Waals surface area contributed by atoms with E-state index in [-0.39, 0.29) is 18.2 Å². The van der Waals surface area contributed by atoms with E-state index < -0.39 is 5.60 Å². The van der Waals surface area contributed by atoms with Crippen LogP contribution < -0.4 is 10.6 Å². The Kier molecular flexibility index (Phi) is 5.45. The van der Waals surface area contributed by atoms with E-state index in [0.717, 1.165) is 24.9 Å². The quantitative estimate of drug-likeness (QED) is 0.823. The Morgan fingerprint density at radius 2 is 1.77 bits per heavy atom. The Morgan fingerprint density at radius 3 is 2.36 bits per heavy atom. The van der Waals surface area contributed by atoms with Crippen molar-refractivity contribution >= 4 is 35.0 Å². The Balaban J connectivity index is 1.87. The van der Waals surface area contributed by atoms with E-state index in [2.05, 4.69) is 10.6 Å². The van der Waals surface area contributed by atoms with Gasteiger partial charge in [0.25, 0.3) is 0 Å². The standard InChI is InChI=1S/C16H22Cl2N2O2/c1-16(2,3)22-15(21)20-11-8-7-10(9-11)19-14-12(17)5-4-6-13(14)18/h4-6,10-11,19H,7-9H2,1-3H3,(H,20,21). The zero-order valence-corrected chi connectivity index (χ0v) is 14.6. The van der Waals surface area contributed by atoms with E-state index in [0.29, 0.717) is 10.0 Å². The van der Waals surface area contributed by atoms with Crippen molar-refractivity contribution in [3.8, 4) is 0 Å². The summed E-state index contributed by atoms with van der Waals surface area (Å²) in [5, 5.41) is 7.50. The third-order valence-corrected chi connectivity index (χ3v) is 4.09. The average Bonchev–Trinajstić information content (AvgIpc) is 2.79. The van der Waals surface area contributed by atoms with Crippen molar-refractivity contribution in [3.63, 3.8) is 0 Å². The second-order valence-corrected chi connectivity index (χ2v) is 7.41. The minimum absolute atomic E-state index is 0.105. The number of carbonyl (C=O) groups excluding carboxylic acids is 1. The minimum atomic E-state index is -0.481. The SMILES string of the molecule is CC(C)(C)OC(=O)NC1CCC(Nc2c(Cl)cccc2Cl)C1. The number of para-hydroxylation sites is 1. The summed E-state index contributed by atoms with van der Waals surface area (Å²) in [6.45, 7) is 5.56.